The lowest BCUT2D eigenvalue weighted by molar-refractivity contribution is -0.145. The van der Waals surface area contributed by atoms with Crippen molar-refractivity contribution in [2.45, 2.75) is 225 Å². The van der Waals surface area contributed by atoms with E-state index in [0.717, 1.165) is 6.42 Å². The number of nitrogens with one attached hydrogen (secondary N) is 10. The fourth-order valence-electron chi connectivity index (χ4n) is 10.2. The molecule has 12 amide bonds. The van der Waals surface area contributed by atoms with Gasteiger partial charge in [-0.15, -0.1) is 0 Å². The lowest BCUT2D eigenvalue weighted by Gasteiger charge is -2.33. The van der Waals surface area contributed by atoms with Crippen molar-refractivity contribution in [2.75, 3.05) is 26.2 Å². The highest BCUT2D eigenvalue weighted by Crippen LogP contribution is 2.24. The zero-order chi connectivity index (χ0) is 64.7. The predicted octanol–water partition coefficient (Wildman–Crippen LogP) is -3.15. The molecule has 3 fully saturated rings. The molecule has 0 spiro atoms. The number of likely N-dealkylation sites (tertiary alicyclic amines) is 2. The minimum atomic E-state index is -1.44. The third-order valence-corrected chi connectivity index (χ3v) is 15.3. The molecule has 3 saturated heterocycles. The summed E-state index contributed by atoms with van der Waals surface area (Å²) in [7, 11) is 0. The van der Waals surface area contributed by atoms with Gasteiger partial charge in [0.15, 0.2) is 0 Å². The lowest BCUT2D eigenvalue weighted by atomic mass is 9.98. The van der Waals surface area contributed by atoms with Gasteiger partial charge in [-0.3, -0.25) is 67.1 Å². The standard InChI is InChI=1S/C56H94N14O16/c1-28(2)27-38(50(79)67-43(29(3)4)53(82)64-35(15-10-11-23-57)49(78)63-36(19-21-41(58)71)48(77)62-33(9)56(85)86)66-51(80)39-17-14-26-70(39)55(84)44(30(5)6)68-52(81)40-18-13-25-69(40)54(83)37(20-22-42(72)73)65-46(75)32(8)60-45(74)31(7)61-47(76)34-16-12-24-59-34/h28-40,43-44,59H,10-27,57H2,1-9H3,(H2,58,71)(H,60,74)(H,61,76)(H,62,77)(H,63,78)(H,64,82)(H,65,75)(H,66,80)(H,67,79)(H,68,81)(H,72,73)(H,85,86)/t31-,32-,33-,34-,35-,36-,37-,38-,39-,40-,43-,44-/m0/s1. The van der Waals surface area contributed by atoms with Crippen molar-refractivity contribution in [1.82, 2.24) is 63.0 Å². The molecule has 0 aromatic heterocycles. The Bertz CT molecular complexity index is 2440. The normalized spacial score (nSPS) is 19.8. The predicted molar refractivity (Wildman–Crippen MR) is 310 cm³/mol. The fraction of sp³-hybridized carbons (Fsp3) is 0.750. The summed E-state index contributed by atoms with van der Waals surface area (Å²) >= 11 is 0. The Labute approximate surface area is 501 Å². The molecule has 3 heterocycles. The summed E-state index contributed by atoms with van der Waals surface area (Å²) in [5.74, 6) is -12.7. The van der Waals surface area contributed by atoms with Crippen molar-refractivity contribution in [3.8, 4) is 0 Å². The van der Waals surface area contributed by atoms with E-state index in [1.807, 2.05) is 0 Å². The Morgan fingerprint density at radius 2 is 0.988 bits per heavy atom. The largest absolute Gasteiger partial charge is 0.481 e. The molecule has 86 heavy (non-hydrogen) atoms. The molecule has 0 aromatic carbocycles. The van der Waals surface area contributed by atoms with E-state index >= 15 is 0 Å². The highest BCUT2D eigenvalue weighted by Gasteiger charge is 2.44. The van der Waals surface area contributed by atoms with Crippen LogP contribution in [0.15, 0.2) is 0 Å². The first-order valence-corrected chi connectivity index (χ1v) is 29.9. The Balaban J connectivity index is 1.76. The summed E-state index contributed by atoms with van der Waals surface area (Å²) in [5, 5.41) is 45.2. The van der Waals surface area contributed by atoms with Crippen LogP contribution in [0.4, 0.5) is 0 Å². The first-order valence-electron chi connectivity index (χ1n) is 29.9. The summed E-state index contributed by atoms with van der Waals surface area (Å²) < 4.78 is 0. The van der Waals surface area contributed by atoms with Crippen LogP contribution in [-0.2, 0) is 67.1 Å². The van der Waals surface area contributed by atoms with E-state index in [2.05, 4.69) is 53.2 Å². The molecule has 3 rings (SSSR count). The van der Waals surface area contributed by atoms with Crippen LogP contribution in [-0.4, -0.2) is 202 Å². The van der Waals surface area contributed by atoms with Crippen molar-refractivity contribution in [2.24, 2.45) is 29.2 Å². The number of primary amides is 1. The van der Waals surface area contributed by atoms with Crippen LogP contribution in [0, 0.1) is 17.8 Å². The van der Waals surface area contributed by atoms with Gasteiger partial charge in [-0.25, -0.2) is 0 Å². The maximum Gasteiger partial charge on any atom is 0.325 e. The van der Waals surface area contributed by atoms with E-state index in [4.69, 9.17) is 11.5 Å². The van der Waals surface area contributed by atoms with Gasteiger partial charge in [-0.2, -0.15) is 0 Å². The van der Waals surface area contributed by atoms with Crippen LogP contribution in [0.3, 0.4) is 0 Å². The first kappa shape index (κ1) is 72.8. The van der Waals surface area contributed by atoms with Crippen molar-refractivity contribution in [1.29, 1.82) is 0 Å². The number of hydrogen-bond acceptors (Lipinski definition) is 16. The van der Waals surface area contributed by atoms with Crippen LogP contribution in [0.2, 0.25) is 0 Å². The van der Waals surface area contributed by atoms with Gasteiger partial charge in [0, 0.05) is 25.9 Å². The Morgan fingerprint density at radius 3 is 1.52 bits per heavy atom. The number of nitrogens with two attached hydrogens (primary N) is 2. The summed E-state index contributed by atoms with van der Waals surface area (Å²) in [5.41, 5.74) is 11.0. The van der Waals surface area contributed by atoms with E-state index in [1.54, 1.807) is 41.5 Å². The van der Waals surface area contributed by atoms with Crippen LogP contribution in [0.5, 0.6) is 0 Å². The second-order valence-electron chi connectivity index (χ2n) is 23.6. The molecule has 0 saturated carbocycles. The van der Waals surface area contributed by atoms with E-state index in [9.17, 15) is 77.3 Å². The van der Waals surface area contributed by atoms with Gasteiger partial charge in [0.05, 0.1) is 6.04 Å². The molecule has 3 aliphatic heterocycles. The topological polar surface area (TPSA) is 458 Å². The monoisotopic (exact) mass is 1220 g/mol. The molecule has 0 unspecified atom stereocenters. The Kier molecular flexibility index (Phi) is 29.8. The quantitative estimate of drug-likeness (QED) is 0.0279. The average molecular weight is 1220 g/mol. The molecule has 0 radical (unpaired) electrons. The van der Waals surface area contributed by atoms with Gasteiger partial charge in [0.25, 0.3) is 0 Å². The van der Waals surface area contributed by atoms with Crippen molar-refractivity contribution >= 4 is 82.8 Å². The maximum atomic E-state index is 14.5. The average Bonchev–Trinajstić information content (AvgIpc) is 2.43. The van der Waals surface area contributed by atoms with E-state index < -0.39 is 168 Å². The van der Waals surface area contributed by atoms with E-state index in [1.165, 1.54) is 30.6 Å². The molecule has 484 valence electrons. The molecular formula is C56H94N14O16. The summed E-state index contributed by atoms with van der Waals surface area (Å²) in [6.07, 6.45) is 1.80. The number of unbranched alkanes of at least 4 members (excludes halogenated alkanes) is 1. The van der Waals surface area contributed by atoms with Gasteiger partial charge < -0.3 is 84.6 Å². The smallest absolute Gasteiger partial charge is 0.325 e. The minimum Gasteiger partial charge on any atom is -0.481 e. The van der Waals surface area contributed by atoms with Crippen LogP contribution in [0.1, 0.15) is 152 Å². The van der Waals surface area contributed by atoms with Crippen molar-refractivity contribution in [3.05, 3.63) is 0 Å². The third kappa shape index (κ3) is 22.7. The Morgan fingerprint density at radius 1 is 0.488 bits per heavy atom. The van der Waals surface area contributed by atoms with Crippen LogP contribution >= 0.6 is 0 Å². The molecule has 3 aliphatic rings. The lowest BCUT2D eigenvalue weighted by Crippen LogP contribution is -2.61. The minimum absolute atomic E-state index is 0.0249. The van der Waals surface area contributed by atoms with E-state index in [-0.39, 0.29) is 76.4 Å². The van der Waals surface area contributed by atoms with Gasteiger partial charge in [0.1, 0.15) is 66.5 Å². The molecule has 0 bridgehead atoms. The highest BCUT2D eigenvalue weighted by molar-refractivity contribution is 6.00. The van der Waals surface area contributed by atoms with Gasteiger partial charge in [0.2, 0.25) is 70.9 Å². The number of nitrogens with zero attached hydrogens (tertiary/aromatic N) is 2. The molecule has 0 aliphatic carbocycles. The number of hydrogen-bond donors (Lipinski definition) is 14. The van der Waals surface area contributed by atoms with E-state index in [0.29, 0.717) is 38.6 Å². The van der Waals surface area contributed by atoms with Gasteiger partial charge in [-0.1, -0.05) is 41.5 Å². The molecule has 30 nitrogen and oxygen atoms in total. The number of carbonyl (C=O) groups excluding carboxylic acids is 12. The van der Waals surface area contributed by atoms with Crippen LogP contribution < -0.4 is 64.6 Å². The molecule has 30 heteroatoms. The number of amides is 12. The number of carboxylic acids is 2. The van der Waals surface area contributed by atoms with Gasteiger partial charge >= 0.3 is 11.9 Å². The second-order valence-corrected chi connectivity index (χ2v) is 23.6. The number of rotatable bonds is 35. The zero-order valence-electron chi connectivity index (χ0n) is 51.0. The summed E-state index contributed by atoms with van der Waals surface area (Å²) in [6, 6.07) is -14.2. The fourth-order valence-corrected chi connectivity index (χ4v) is 10.2. The molecule has 16 N–H and O–H groups in total. The molecular weight excluding hydrogens is 1120 g/mol. The molecule has 12 atom stereocenters. The maximum absolute atomic E-state index is 14.5. The summed E-state index contributed by atoms with van der Waals surface area (Å²) in [4.78, 5) is 189. The van der Waals surface area contributed by atoms with Crippen LogP contribution in [0.25, 0.3) is 0 Å². The Hall–Kier alpha value is -7.50. The van der Waals surface area contributed by atoms with Crippen molar-refractivity contribution in [3.63, 3.8) is 0 Å². The number of carbonyl (C=O) groups is 14. The third-order valence-electron chi connectivity index (χ3n) is 15.3. The molecule has 0 aromatic rings. The first-order chi connectivity index (χ1) is 40.4. The number of carboxylic acid groups (broad SMARTS) is 2. The highest BCUT2D eigenvalue weighted by atomic mass is 16.4. The SMILES string of the molecule is CC(C)C[C@H](NC(=O)[C@@H]1CCCN1C(=O)[C@@H](NC(=O)[C@@H]1CCCN1C(=O)[C@H](CCC(=O)O)NC(=O)[C@H](C)NC(=O)[C@H](C)NC(=O)[C@@H]1CCCN1)C(C)C)C(=O)N[C@H](C(=O)N[C@@H](CCCCN)C(=O)N[C@@H](CCC(N)=O)C(=O)N[C@@H](C)C(=O)O)C(C)C. The zero-order valence-corrected chi connectivity index (χ0v) is 51.0. The summed E-state index contributed by atoms with van der Waals surface area (Å²) in [6.45, 7) is 15.3. The van der Waals surface area contributed by atoms with Crippen molar-refractivity contribution < 1.29 is 77.3 Å². The van der Waals surface area contributed by atoms with Gasteiger partial charge in [-0.05, 0) is 129 Å². The second kappa shape index (κ2) is 35.2. The number of aliphatic carboxylic acids is 2.